The van der Waals surface area contributed by atoms with Crippen molar-refractivity contribution in [1.29, 1.82) is 0 Å². The van der Waals surface area contributed by atoms with Crippen LogP contribution in [-0.4, -0.2) is 5.91 Å². The van der Waals surface area contributed by atoms with Crippen LogP contribution in [0.25, 0.3) is 0 Å². The summed E-state index contributed by atoms with van der Waals surface area (Å²) in [4.78, 5) is 15.0. The van der Waals surface area contributed by atoms with Crippen LogP contribution >= 0.6 is 0 Å². The number of allylic oxidation sites excluding steroid dienone is 1. The zero-order valence-electron chi connectivity index (χ0n) is 13.1. The highest BCUT2D eigenvalue weighted by Gasteiger charge is 2.45. The van der Waals surface area contributed by atoms with E-state index in [1.54, 1.807) is 0 Å². The maximum absolute atomic E-state index is 13.1. The average Bonchev–Trinajstić information content (AvgIpc) is 2.77. The second-order valence-electron chi connectivity index (χ2n) is 5.91. The van der Waals surface area contributed by atoms with Crippen molar-refractivity contribution in [3.05, 3.63) is 77.9 Å². The third-order valence-corrected chi connectivity index (χ3v) is 4.31. The van der Waals surface area contributed by atoms with Crippen molar-refractivity contribution < 1.29 is 4.79 Å². The first-order valence-electron chi connectivity index (χ1n) is 7.80. The van der Waals surface area contributed by atoms with E-state index in [2.05, 4.69) is 37.3 Å². The highest BCUT2D eigenvalue weighted by atomic mass is 16.2. The van der Waals surface area contributed by atoms with E-state index in [9.17, 15) is 4.79 Å². The van der Waals surface area contributed by atoms with Crippen LogP contribution in [0.1, 0.15) is 31.4 Å². The molecule has 0 fully saturated rings. The van der Waals surface area contributed by atoms with Gasteiger partial charge in [0.15, 0.2) is 0 Å². The average molecular weight is 291 g/mol. The number of amides is 1. The number of carbonyl (C=O) groups is 1. The molecule has 0 bridgehead atoms. The van der Waals surface area contributed by atoms with Gasteiger partial charge in [-0.1, -0.05) is 67.6 Å². The van der Waals surface area contributed by atoms with Gasteiger partial charge in [0.2, 0.25) is 5.91 Å². The number of anilines is 1. The van der Waals surface area contributed by atoms with Gasteiger partial charge in [0.25, 0.3) is 0 Å². The number of rotatable bonds is 4. The predicted octanol–water partition coefficient (Wildman–Crippen LogP) is 4.46. The molecule has 2 aromatic carbocycles. The summed E-state index contributed by atoms with van der Waals surface area (Å²) in [5, 5.41) is 0. The lowest BCUT2D eigenvalue weighted by Crippen LogP contribution is -2.36. The highest BCUT2D eigenvalue weighted by molar-refractivity contribution is 6.09. The second-order valence-corrected chi connectivity index (χ2v) is 5.91. The zero-order chi connectivity index (χ0) is 15.6. The van der Waals surface area contributed by atoms with Gasteiger partial charge >= 0.3 is 0 Å². The molecule has 2 nitrogen and oxygen atoms in total. The van der Waals surface area contributed by atoms with Crippen LogP contribution in [0.2, 0.25) is 0 Å². The first kappa shape index (κ1) is 14.6. The van der Waals surface area contributed by atoms with E-state index < -0.39 is 5.41 Å². The number of hydrogen-bond donors (Lipinski definition) is 0. The summed E-state index contributed by atoms with van der Waals surface area (Å²) in [6, 6.07) is 18.3. The number of hydrogen-bond acceptors (Lipinski definition) is 1. The lowest BCUT2D eigenvalue weighted by atomic mass is 9.83. The van der Waals surface area contributed by atoms with E-state index in [4.69, 9.17) is 0 Å². The topological polar surface area (TPSA) is 20.3 Å². The molecule has 0 saturated carbocycles. The van der Waals surface area contributed by atoms with Crippen molar-refractivity contribution in [3.63, 3.8) is 0 Å². The summed E-state index contributed by atoms with van der Waals surface area (Å²) in [7, 11) is 0. The molecule has 1 atom stereocenters. The molecule has 1 unspecified atom stereocenters. The van der Waals surface area contributed by atoms with Crippen LogP contribution in [0, 0.1) is 0 Å². The van der Waals surface area contributed by atoms with Gasteiger partial charge in [-0.05, 0) is 30.5 Å². The molecule has 0 spiro atoms. The minimum absolute atomic E-state index is 0.155. The monoisotopic (exact) mass is 291 g/mol. The molecule has 22 heavy (non-hydrogen) atoms. The van der Waals surface area contributed by atoms with Gasteiger partial charge in [0.1, 0.15) is 0 Å². The lowest BCUT2D eigenvalue weighted by molar-refractivity contribution is -0.121. The fraction of sp³-hybridized carbons (Fsp3) is 0.250. The highest BCUT2D eigenvalue weighted by Crippen LogP contribution is 2.43. The standard InChI is InChI=1S/C20H21NO/c1-3-4-14-20(2)17-12-8-9-13-18(17)21(19(20)22)15-16-10-6-5-7-11-16/h4-14H,3,15H2,1-2H3/b14-4+. The predicted molar refractivity (Wildman–Crippen MR) is 90.9 cm³/mol. The number of benzene rings is 2. The van der Waals surface area contributed by atoms with Gasteiger partial charge in [0.05, 0.1) is 12.0 Å². The number of nitrogens with zero attached hydrogens (tertiary/aromatic N) is 1. The smallest absolute Gasteiger partial charge is 0.241 e. The fourth-order valence-corrected chi connectivity index (χ4v) is 3.09. The van der Waals surface area contributed by atoms with E-state index in [0.29, 0.717) is 6.54 Å². The molecule has 1 heterocycles. The summed E-state index contributed by atoms with van der Waals surface area (Å²) >= 11 is 0. The Balaban J connectivity index is 2.02. The maximum Gasteiger partial charge on any atom is 0.241 e. The van der Waals surface area contributed by atoms with E-state index in [0.717, 1.165) is 23.2 Å². The molecule has 1 aliphatic heterocycles. The quantitative estimate of drug-likeness (QED) is 0.762. The number of carbonyl (C=O) groups excluding carboxylic acids is 1. The van der Waals surface area contributed by atoms with Crippen LogP contribution in [0.15, 0.2) is 66.7 Å². The molecule has 0 saturated heterocycles. The molecule has 0 N–H and O–H groups in total. The summed E-state index contributed by atoms with van der Waals surface area (Å²) in [5.74, 6) is 0.155. The van der Waals surface area contributed by atoms with Gasteiger partial charge in [0, 0.05) is 5.69 Å². The lowest BCUT2D eigenvalue weighted by Gasteiger charge is -2.21. The molecule has 1 aliphatic rings. The van der Waals surface area contributed by atoms with Crippen molar-refractivity contribution >= 4 is 11.6 Å². The van der Waals surface area contributed by atoms with Crippen LogP contribution in [0.4, 0.5) is 5.69 Å². The number of para-hydroxylation sites is 1. The van der Waals surface area contributed by atoms with Crippen LogP contribution in [0.3, 0.4) is 0 Å². The third kappa shape index (κ3) is 2.35. The Labute approximate surface area is 132 Å². The molecule has 2 aromatic rings. The molecular weight excluding hydrogens is 270 g/mol. The molecule has 112 valence electrons. The SMILES string of the molecule is CC/C=C/C1(C)C(=O)N(Cc2ccccc2)c2ccccc21. The van der Waals surface area contributed by atoms with Crippen molar-refractivity contribution in [3.8, 4) is 0 Å². The van der Waals surface area contributed by atoms with E-state index >= 15 is 0 Å². The first-order chi connectivity index (χ1) is 10.7. The van der Waals surface area contributed by atoms with Gasteiger partial charge < -0.3 is 4.90 Å². The summed E-state index contributed by atoms with van der Waals surface area (Å²) in [6.07, 6.45) is 5.07. The maximum atomic E-state index is 13.1. The Morgan fingerprint density at radius 3 is 2.45 bits per heavy atom. The van der Waals surface area contributed by atoms with Crippen LogP contribution in [-0.2, 0) is 16.8 Å². The van der Waals surface area contributed by atoms with E-state index in [-0.39, 0.29) is 5.91 Å². The van der Waals surface area contributed by atoms with Crippen molar-refractivity contribution in [2.24, 2.45) is 0 Å². The summed E-state index contributed by atoms with van der Waals surface area (Å²) in [5.41, 5.74) is 2.72. The van der Waals surface area contributed by atoms with Gasteiger partial charge in [-0.25, -0.2) is 0 Å². The second kappa shape index (κ2) is 5.80. The largest absolute Gasteiger partial charge is 0.307 e. The normalized spacial score (nSPS) is 20.6. The summed E-state index contributed by atoms with van der Waals surface area (Å²) < 4.78 is 0. The Kier molecular flexibility index (Phi) is 3.84. The molecule has 0 aromatic heterocycles. The van der Waals surface area contributed by atoms with Crippen molar-refractivity contribution in [2.75, 3.05) is 4.90 Å². The number of fused-ring (bicyclic) bond motifs is 1. The Hall–Kier alpha value is -2.35. The molecule has 1 amide bonds. The van der Waals surface area contributed by atoms with Crippen molar-refractivity contribution in [2.45, 2.75) is 32.2 Å². The molecule has 2 heteroatoms. The van der Waals surface area contributed by atoms with Crippen LogP contribution in [0.5, 0.6) is 0 Å². The Morgan fingerprint density at radius 1 is 1.05 bits per heavy atom. The van der Waals surface area contributed by atoms with Crippen LogP contribution < -0.4 is 4.90 Å². The Morgan fingerprint density at radius 2 is 1.73 bits per heavy atom. The van der Waals surface area contributed by atoms with Gasteiger partial charge in [-0.2, -0.15) is 0 Å². The molecule has 0 radical (unpaired) electrons. The van der Waals surface area contributed by atoms with Gasteiger partial charge in [-0.15, -0.1) is 0 Å². The molecule has 0 aliphatic carbocycles. The van der Waals surface area contributed by atoms with Gasteiger partial charge in [-0.3, -0.25) is 4.79 Å². The van der Waals surface area contributed by atoms with Crippen molar-refractivity contribution in [1.82, 2.24) is 0 Å². The zero-order valence-corrected chi connectivity index (χ0v) is 13.1. The molecule has 3 rings (SSSR count). The minimum Gasteiger partial charge on any atom is -0.307 e. The fourth-order valence-electron chi connectivity index (χ4n) is 3.09. The minimum atomic E-state index is -0.554. The summed E-state index contributed by atoms with van der Waals surface area (Å²) in [6.45, 7) is 4.73. The van der Waals surface area contributed by atoms with E-state index in [1.807, 2.05) is 48.2 Å². The van der Waals surface area contributed by atoms with E-state index in [1.165, 1.54) is 0 Å². The third-order valence-electron chi connectivity index (χ3n) is 4.31. The first-order valence-corrected chi connectivity index (χ1v) is 7.80. The molecular formula is C20H21NO. The Bertz CT molecular complexity index is 705.